The molecule has 0 saturated heterocycles. The van der Waals surface area contributed by atoms with Gasteiger partial charge in [0.05, 0.1) is 6.61 Å². The lowest BCUT2D eigenvalue weighted by Crippen LogP contribution is -2.40. The minimum atomic E-state index is 0.138. The second-order valence-electron chi connectivity index (χ2n) is 5.99. The Morgan fingerprint density at radius 3 is 2.63 bits per heavy atom. The first-order chi connectivity index (χ1) is 8.90. The maximum Gasteiger partial charge on any atom is 0.0509 e. The van der Waals surface area contributed by atoms with Crippen molar-refractivity contribution in [1.82, 2.24) is 5.32 Å². The summed E-state index contributed by atoms with van der Waals surface area (Å²) in [6, 6.07) is 8.09. The van der Waals surface area contributed by atoms with Crippen molar-refractivity contribution in [3.8, 4) is 0 Å². The largest absolute Gasteiger partial charge is 0.381 e. The fourth-order valence-corrected chi connectivity index (χ4v) is 2.14. The van der Waals surface area contributed by atoms with Crippen molar-refractivity contribution in [2.45, 2.75) is 39.7 Å². The smallest absolute Gasteiger partial charge is 0.0509 e. The molecule has 0 aromatic heterocycles. The average Bonchev–Trinajstić information content (AvgIpc) is 2.31. The van der Waals surface area contributed by atoms with Crippen LogP contribution in [0.3, 0.4) is 0 Å². The van der Waals surface area contributed by atoms with Crippen LogP contribution in [-0.2, 0) is 11.2 Å². The van der Waals surface area contributed by atoms with Crippen LogP contribution in [0.5, 0.6) is 0 Å². The summed E-state index contributed by atoms with van der Waals surface area (Å²) in [6.07, 6.45) is 0.990. The lowest BCUT2D eigenvalue weighted by Gasteiger charge is -2.25. The van der Waals surface area contributed by atoms with Gasteiger partial charge in [-0.3, -0.25) is 0 Å². The van der Waals surface area contributed by atoms with Crippen molar-refractivity contribution < 1.29 is 4.74 Å². The molecule has 0 radical (unpaired) electrons. The Balaban J connectivity index is 2.58. The highest BCUT2D eigenvalue weighted by Crippen LogP contribution is 2.15. The summed E-state index contributed by atoms with van der Waals surface area (Å²) in [7, 11) is 0. The normalized spacial score (nSPS) is 13.5. The van der Waals surface area contributed by atoms with E-state index >= 15 is 0 Å². The Labute approximate surface area is 122 Å². The van der Waals surface area contributed by atoms with Gasteiger partial charge in [0, 0.05) is 23.7 Å². The van der Waals surface area contributed by atoms with Gasteiger partial charge in [0.25, 0.3) is 0 Å². The highest BCUT2D eigenvalue weighted by molar-refractivity contribution is 6.30. The number of ether oxygens (including phenoxy) is 1. The number of hydrogen-bond donors (Lipinski definition) is 1. The molecule has 0 aliphatic rings. The van der Waals surface area contributed by atoms with Crippen LogP contribution in [0.4, 0.5) is 0 Å². The number of rotatable bonds is 7. The predicted molar refractivity (Wildman–Crippen MR) is 82.9 cm³/mol. The van der Waals surface area contributed by atoms with Crippen molar-refractivity contribution in [3.05, 3.63) is 34.9 Å². The van der Waals surface area contributed by atoms with Crippen LogP contribution in [0.1, 0.15) is 33.3 Å². The van der Waals surface area contributed by atoms with E-state index in [0.29, 0.717) is 5.92 Å². The highest BCUT2D eigenvalue weighted by Gasteiger charge is 2.15. The van der Waals surface area contributed by atoms with Gasteiger partial charge in [0.2, 0.25) is 0 Å². The monoisotopic (exact) mass is 283 g/mol. The first kappa shape index (κ1) is 16.5. The van der Waals surface area contributed by atoms with Crippen LogP contribution in [0, 0.1) is 5.92 Å². The summed E-state index contributed by atoms with van der Waals surface area (Å²) in [4.78, 5) is 0. The molecule has 0 heterocycles. The summed E-state index contributed by atoms with van der Waals surface area (Å²) in [5.41, 5.74) is 1.41. The van der Waals surface area contributed by atoms with E-state index in [-0.39, 0.29) is 5.54 Å². The first-order valence-electron chi connectivity index (χ1n) is 6.98. The minimum absolute atomic E-state index is 0.138. The van der Waals surface area contributed by atoms with E-state index in [0.717, 1.165) is 31.2 Å². The van der Waals surface area contributed by atoms with Crippen molar-refractivity contribution >= 4 is 11.6 Å². The third-order valence-electron chi connectivity index (χ3n) is 2.89. The lowest BCUT2D eigenvalue weighted by molar-refractivity contribution is 0.107. The van der Waals surface area contributed by atoms with Gasteiger partial charge in [-0.15, -0.1) is 0 Å². The van der Waals surface area contributed by atoms with Gasteiger partial charge in [-0.1, -0.05) is 23.7 Å². The second-order valence-corrected chi connectivity index (χ2v) is 6.43. The topological polar surface area (TPSA) is 21.3 Å². The number of nitrogens with one attached hydrogen (secondary N) is 1. The van der Waals surface area contributed by atoms with Gasteiger partial charge >= 0.3 is 0 Å². The van der Waals surface area contributed by atoms with Gasteiger partial charge < -0.3 is 10.1 Å². The van der Waals surface area contributed by atoms with E-state index in [9.17, 15) is 0 Å². The molecule has 1 unspecified atom stereocenters. The molecule has 19 heavy (non-hydrogen) atoms. The second kappa shape index (κ2) is 7.88. The molecule has 1 rings (SSSR count). The zero-order valence-electron chi connectivity index (χ0n) is 12.5. The molecule has 0 aliphatic carbocycles. The van der Waals surface area contributed by atoms with Crippen molar-refractivity contribution in [1.29, 1.82) is 0 Å². The molecule has 0 saturated carbocycles. The number of halogens is 1. The zero-order valence-corrected chi connectivity index (χ0v) is 13.3. The summed E-state index contributed by atoms with van der Waals surface area (Å²) in [5.74, 6) is 0.470. The quantitative estimate of drug-likeness (QED) is 0.819. The van der Waals surface area contributed by atoms with E-state index in [2.05, 4.69) is 32.2 Å². The van der Waals surface area contributed by atoms with E-state index in [1.807, 2.05) is 25.1 Å². The average molecular weight is 284 g/mol. The molecule has 0 fully saturated rings. The SMILES string of the molecule is CCOCC(CNC(C)(C)C)Cc1cccc(Cl)c1. The summed E-state index contributed by atoms with van der Waals surface area (Å²) < 4.78 is 5.59. The Bertz CT molecular complexity index is 373. The van der Waals surface area contributed by atoms with Crippen LogP contribution >= 0.6 is 11.6 Å². The van der Waals surface area contributed by atoms with Crippen LogP contribution in [0.2, 0.25) is 5.02 Å². The third-order valence-corrected chi connectivity index (χ3v) is 3.13. The Morgan fingerprint density at radius 1 is 1.32 bits per heavy atom. The highest BCUT2D eigenvalue weighted by atomic mass is 35.5. The predicted octanol–water partition coefficient (Wildman–Crippen LogP) is 3.92. The molecule has 1 N–H and O–H groups in total. The molecule has 1 aromatic carbocycles. The van der Waals surface area contributed by atoms with Crippen molar-refractivity contribution in [2.24, 2.45) is 5.92 Å². The molecule has 1 atom stereocenters. The lowest BCUT2D eigenvalue weighted by atomic mass is 9.98. The van der Waals surface area contributed by atoms with Gasteiger partial charge in [0.15, 0.2) is 0 Å². The summed E-state index contributed by atoms with van der Waals surface area (Å²) in [5, 5.41) is 4.35. The standard InChI is InChI=1S/C16H26ClNO/c1-5-19-12-14(11-18-16(2,3)4)9-13-7-6-8-15(17)10-13/h6-8,10,14,18H,5,9,11-12H2,1-4H3. The van der Waals surface area contributed by atoms with Gasteiger partial charge in [-0.25, -0.2) is 0 Å². The molecule has 1 aromatic rings. The number of benzene rings is 1. The molecule has 0 spiro atoms. The maximum atomic E-state index is 6.04. The van der Waals surface area contributed by atoms with Gasteiger partial charge in [0.1, 0.15) is 0 Å². The van der Waals surface area contributed by atoms with E-state index in [4.69, 9.17) is 16.3 Å². The summed E-state index contributed by atoms with van der Waals surface area (Å²) >= 11 is 6.04. The van der Waals surface area contributed by atoms with Crippen molar-refractivity contribution in [2.75, 3.05) is 19.8 Å². The van der Waals surface area contributed by atoms with E-state index in [1.54, 1.807) is 0 Å². The van der Waals surface area contributed by atoms with Crippen LogP contribution in [-0.4, -0.2) is 25.3 Å². The molecular formula is C16H26ClNO. The fourth-order valence-electron chi connectivity index (χ4n) is 1.92. The summed E-state index contributed by atoms with van der Waals surface area (Å²) in [6.45, 7) is 11.1. The molecule has 0 aliphatic heterocycles. The van der Waals surface area contributed by atoms with Crippen LogP contribution in [0.25, 0.3) is 0 Å². The van der Waals surface area contributed by atoms with Crippen LogP contribution < -0.4 is 5.32 Å². The van der Waals surface area contributed by atoms with Crippen molar-refractivity contribution in [3.63, 3.8) is 0 Å². The Hall–Kier alpha value is -0.570. The molecule has 2 nitrogen and oxygen atoms in total. The Kier molecular flexibility index (Phi) is 6.84. The molecule has 108 valence electrons. The van der Waals surface area contributed by atoms with Gasteiger partial charge in [-0.2, -0.15) is 0 Å². The fraction of sp³-hybridized carbons (Fsp3) is 0.625. The third kappa shape index (κ3) is 7.56. The minimum Gasteiger partial charge on any atom is -0.381 e. The maximum absolute atomic E-state index is 6.04. The Morgan fingerprint density at radius 2 is 2.05 bits per heavy atom. The van der Waals surface area contributed by atoms with Gasteiger partial charge in [-0.05, 0) is 57.7 Å². The first-order valence-corrected chi connectivity index (χ1v) is 7.35. The molecule has 3 heteroatoms. The van der Waals surface area contributed by atoms with E-state index in [1.165, 1.54) is 5.56 Å². The molecule has 0 amide bonds. The number of hydrogen-bond acceptors (Lipinski definition) is 2. The molecule has 0 bridgehead atoms. The zero-order chi connectivity index (χ0) is 14.3. The molecular weight excluding hydrogens is 258 g/mol. The van der Waals surface area contributed by atoms with Crippen LogP contribution in [0.15, 0.2) is 24.3 Å². The van der Waals surface area contributed by atoms with E-state index < -0.39 is 0 Å².